The Hall–Kier alpha value is -3.64. The summed E-state index contributed by atoms with van der Waals surface area (Å²) in [6.45, 7) is 0.410. The molecule has 29 heavy (non-hydrogen) atoms. The highest BCUT2D eigenvalue weighted by atomic mass is 16.7. The van der Waals surface area contributed by atoms with Crippen molar-refractivity contribution in [2.45, 2.75) is 19.3 Å². The molecule has 4 rings (SSSR count). The molecule has 148 valence electrons. The van der Waals surface area contributed by atoms with Gasteiger partial charge in [0.2, 0.25) is 25.1 Å². The van der Waals surface area contributed by atoms with Gasteiger partial charge in [-0.25, -0.2) is 0 Å². The van der Waals surface area contributed by atoms with Gasteiger partial charge in [-0.1, -0.05) is 23.7 Å². The lowest BCUT2D eigenvalue weighted by Crippen LogP contribution is -1.93. The molecular weight excluding hydrogens is 372 g/mol. The first-order chi connectivity index (χ1) is 14.3. The number of unbranched alkanes of at least 4 members (excludes halogenated alkanes) is 2. The first-order valence-electron chi connectivity index (χ1n) is 9.21. The summed E-state index contributed by atoms with van der Waals surface area (Å²) in [6.07, 6.45) is 2.37. The normalized spacial score (nSPS) is 12.5. The van der Waals surface area contributed by atoms with E-state index in [9.17, 15) is 0 Å². The van der Waals surface area contributed by atoms with E-state index < -0.39 is 0 Å². The highest BCUT2D eigenvalue weighted by Gasteiger charge is 2.20. The Morgan fingerprint density at radius 3 is 1.66 bits per heavy atom. The van der Waals surface area contributed by atoms with Gasteiger partial charge in [-0.3, -0.25) is 0 Å². The molecule has 2 aliphatic heterocycles. The Balaban J connectivity index is 1.32. The topological polar surface area (TPSA) is 55.4 Å². The van der Waals surface area contributed by atoms with Crippen LogP contribution >= 0.6 is 0 Å². The minimum absolute atomic E-state index is 0.205. The van der Waals surface area contributed by atoms with Crippen LogP contribution in [0.4, 0.5) is 0 Å². The SMILES string of the molecule is COc1cc(C#CCCCC#Cc2cc(OC)c3c(c2)OCO3)cc2c1OCO2. The van der Waals surface area contributed by atoms with E-state index in [2.05, 4.69) is 23.7 Å². The maximum absolute atomic E-state index is 5.41. The first-order valence-corrected chi connectivity index (χ1v) is 9.21. The number of benzene rings is 2. The van der Waals surface area contributed by atoms with Crippen molar-refractivity contribution in [1.82, 2.24) is 0 Å². The molecule has 0 radical (unpaired) electrons. The van der Waals surface area contributed by atoms with E-state index in [4.69, 9.17) is 28.4 Å². The second kappa shape index (κ2) is 8.58. The van der Waals surface area contributed by atoms with E-state index in [1.54, 1.807) is 14.2 Å². The van der Waals surface area contributed by atoms with Crippen molar-refractivity contribution in [3.8, 4) is 58.2 Å². The molecule has 0 bridgehead atoms. The van der Waals surface area contributed by atoms with Gasteiger partial charge in [0.05, 0.1) is 14.2 Å². The fraction of sp³-hybridized carbons (Fsp3) is 0.304. The zero-order valence-corrected chi connectivity index (χ0v) is 16.3. The van der Waals surface area contributed by atoms with Crippen LogP contribution in [-0.2, 0) is 0 Å². The molecule has 0 unspecified atom stereocenters. The van der Waals surface area contributed by atoms with Gasteiger partial charge in [-0.05, 0) is 18.6 Å². The van der Waals surface area contributed by atoms with Gasteiger partial charge in [0.25, 0.3) is 0 Å². The number of ether oxygens (including phenoxy) is 6. The maximum atomic E-state index is 5.41. The molecule has 0 atom stereocenters. The summed E-state index contributed by atoms with van der Waals surface area (Å²) in [6, 6.07) is 7.44. The summed E-state index contributed by atoms with van der Waals surface area (Å²) >= 11 is 0. The third kappa shape index (κ3) is 4.12. The minimum atomic E-state index is 0.205. The third-order valence-corrected chi connectivity index (χ3v) is 4.39. The van der Waals surface area contributed by atoms with Gasteiger partial charge in [0.1, 0.15) is 0 Å². The van der Waals surface area contributed by atoms with Crippen LogP contribution in [0.25, 0.3) is 0 Å². The lowest BCUT2D eigenvalue weighted by atomic mass is 10.1. The van der Waals surface area contributed by atoms with Crippen LogP contribution in [0.2, 0.25) is 0 Å². The highest BCUT2D eigenvalue weighted by molar-refractivity contribution is 5.59. The number of rotatable bonds is 4. The largest absolute Gasteiger partial charge is 0.493 e. The number of hydrogen-bond donors (Lipinski definition) is 0. The van der Waals surface area contributed by atoms with E-state index in [0.717, 1.165) is 30.4 Å². The van der Waals surface area contributed by atoms with Gasteiger partial charge in [0.15, 0.2) is 23.0 Å². The zero-order valence-electron chi connectivity index (χ0n) is 16.3. The number of fused-ring (bicyclic) bond motifs is 2. The van der Waals surface area contributed by atoms with Gasteiger partial charge in [0, 0.05) is 36.1 Å². The summed E-state index contributed by atoms with van der Waals surface area (Å²) in [5, 5.41) is 0. The smallest absolute Gasteiger partial charge is 0.231 e. The van der Waals surface area contributed by atoms with E-state index in [1.807, 2.05) is 24.3 Å². The molecule has 0 aromatic heterocycles. The van der Waals surface area contributed by atoms with Crippen molar-refractivity contribution in [3.63, 3.8) is 0 Å². The molecule has 6 nitrogen and oxygen atoms in total. The highest BCUT2D eigenvalue weighted by Crippen LogP contribution is 2.42. The molecule has 6 heteroatoms. The van der Waals surface area contributed by atoms with Crippen molar-refractivity contribution in [3.05, 3.63) is 35.4 Å². The molecule has 0 saturated heterocycles. The molecule has 2 aromatic carbocycles. The van der Waals surface area contributed by atoms with Crippen molar-refractivity contribution < 1.29 is 28.4 Å². The van der Waals surface area contributed by atoms with Crippen LogP contribution in [0, 0.1) is 23.7 Å². The van der Waals surface area contributed by atoms with E-state index in [0.29, 0.717) is 34.5 Å². The monoisotopic (exact) mass is 392 g/mol. The Morgan fingerprint density at radius 1 is 0.724 bits per heavy atom. The second-order valence-electron chi connectivity index (χ2n) is 6.28. The molecular formula is C23H20O6. The molecule has 2 heterocycles. The lowest BCUT2D eigenvalue weighted by molar-refractivity contribution is 0.171. The standard InChI is InChI=1S/C23H20O6/c1-24-18-10-16(12-20-22(18)28-14-26-20)8-6-4-3-5-7-9-17-11-19(25-2)23-21(13-17)27-15-29-23/h10-13H,3-5,14-15H2,1-2H3. The van der Waals surface area contributed by atoms with Gasteiger partial charge >= 0.3 is 0 Å². The molecule has 0 amide bonds. The quantitative estimate of drug-likeness (QED) is 0.584. The summed E-state index contributed by atoms with van der Waals surface area (Å²) < 4.78 is 32.3. The molecule has 0 fully saturated rings. The van der Waals surface area contributed by atoms with Crippen LogP contribution in [0.3, 0.4) is 0 Å². The van der Waals surface area contributed by atoms with Crippen molar-refractivity contribution in [2.75, 3.05) is 27.8 Å². The van der Waals surface area contributed by atoms with E-state index >= 15 is 0 Å². The molecule has 2 aliphatic rings. The van der Waals surface area contributed by atoms with Crippen LogP contribution in [0.15, 0.2) is 24.3 Å². The van der Waals surface area contributed by atoms with Crippen LogP contribution in [0.1, 0.15) is 30.4 Å². The molecule has 0 spiro atoms. The minimum Gasteiger partial charge on any atom is -0.493 e. The van der Waals surface area contributed by atoms with E-state index in [-0.39, 0.29) is 13.6 Å². The summed E-state index contributed by atoms with van der Waals surface area (Å²) in [4.78, 5) is 0. The van der Waals surface area contributed by atoms with Crippen LogP contribution < -0.4 is 28.4 Å². The maximum Gasteiger partial charge on any atom is 0.231 e. The summed E-state index contributed by atoms with van der Waals surface area (Å²) in [5.41, 5.74) is 1.68. The zero-order chi connectivity index (χ0) is 20.1. The Kier molecular flexibility index (Phi) is 5.54. The molecule has 0 aliphatic carbocycles. The van der Waals surface area contributed by atoms with Gasteiger partial charge < -0.3 is 28.4 Å². The summed E-state index contributed by atoms with van der Waals surface area (Å²) in [7, 11) is 3.20. The fourth-order valence-corrected chi connectivity index (χ4v) is 3.00. The Morgan fingerprint density at radius 2 is 1.21 bits per heavy atom. The predicted molar refractivity (Wildman–Crippen MR) is 106 cm³/mol. The van der Waals surface area contributed by atoms with Gasteiger partial charge in [-0.15, -0.1) is 0 Å². The Labute approximate surface area is 169 Å². The third-order valence-electron chi connectivity index (χ3n) is 4.39. The molecule has 0 N–H and O–H groups in total. The van der Waals surface area contributed by atoms with Crippen molar-refractivity contribution in [2.24, 2.45) is 0 Å². The Bertz CT molecular complexity index is 952. The van der Waals surface area contributed by atoms with Gasteiger partial charge in [-0.2, -0.15) is 0 Å². The molecule has 0 saturated carbocycles. The predicted octanol–water partition coefficient (Wildman–Crippen LogP) is 3.73. The van der Waals surface area contributed by atoms with Crippen molar-refractivity contribution >= 4 is 0 Å². The number of hydrogen-bond acceptors (Lipinski definition) is 6. The van der Waals surface area contributed by atoms with Crippen molar-refractivity contribution in [1.29, 1.82) is 0 Å². The van der Waals surface area contributed by atoms with Crippen LogP contribution in [-0.4, -0.2) is 27.8 Å². The first kappa shape index (κ1) is 18.7. The number of methoxy groups -OCH3 is 2. The average molecular weight is 392 g/mol. The average Bonchev–Trinajstić information content (AvgIpc) is 3.41. The lowest BCUT2D eigenvalue weighted by Gasteiger charge is -2.04. The van der Waals surface area contributed by atoms with Crippen LogP contribution in [0.5, 0.6) is 34.5 Å². The molecule has 2 aromatic rings. The summed E-state index contributed by atoms with van der Waals surface area (Å²) in [5.74, 6) is 16.5. The fourth-order valence-electron chi connectivity index (χ4n) is 3.00. The second-order valence-corrected chi connectivity index (χ2v) is 6.28. The van der Waals surface area contributed by atoms with E-state index in [1.165, 1.54) is 0 Å².